The van der Waals surface area contributed by atoms with Gasteiger partial charge in [0.25, 0.3) is 17.9 Å². The van der Waals surface area contributed by atoms with Crippen LogP contribution < -0.4 is 32.2 Å². The maximum Gasteiger partial charge on any atom is 0.418 e. The molecule has 21 heteroatoms. The topological polar surface area (TPSA) is 282 Å². The largest absolute Gasteiger partial charge is 0.489 e. The van der Waals surface area contributed by atoms with Gasteiger partial charge in [-0.1, -0.05) is 17.3 Å². The molecule has 2 aliphatic heterocycles. The first-order valence-corrected chi connectivity index (χ1v) is 15.4. The van der Waals surface area contributed by atoms with Gasteiger partial charge < -0.3 is 42.1 Å². The number of β-lactam (4-membered cyclic amide) rings is 1. The van der Waals surface area contributed by atoms with E-state index in [2.05, 4.69) is 35.4 Å². The van der Waals surface area contributed by atoms with Crippen molar-refractivity contribution in [2.75, 3.05) is 32.0 Å². The van der Waals surface area contributed by atoms with Gasteiger partial charge in [0.2, 0.25) is 0 Å². The highest BCUT2D eigenvalue weighted by atomic mass is 32.3. The molecule has 4 rings (SSSR count). The molecule has 19 nitrogen and oxygen atoms in total. The summed E-state index contributed by atoms with van der Waals surface area (Å²) < 4.78 is 40.9. The summed E-state index contributed by atoms with van der Waals surface area (Å²) in [5.74, 6) is -2.49. The van der Waals surface area contributed by atoms with Crippen LogP contribution in [0, 0.1) is 0 Å². The molecule has 2 aliphatic rings. The second-order valence-electron chi connectivity index (χ2n) is 10.1. The van der Waals surface area contributed by atoms with Crippen molar-refractivity contribution >= 4 is 56.3 Å². The summed E-state index contributed by atoms with van der Waals surface area (Å²) in [4.78, 5) is 51.2. The number of nitrogens with two attached hydrogens (primary N) is 2. The summed E-state index contributed by atoms with van der Waals surface area (Å²) in [7, 11) is -5.01. The number of thiazole rings is 1. The Hall–Kier alpha value is -4.57. The Morgan fingerprint density at radius 3 is 2.60 bits per heavy atom. The summed E-state index contributed by atoms with van der Waals surface area (Å²) in [5.41, 5.74) is 10.0. The number of rotatable bonds is 14. The average Bonchev–Trinajstić information content (AvgIpc) is 3.64. The molecule has 1 aromatic heterocycles. The first kappa shape index (κ1) is 33.3. The number of carbonyl (C=O) groups excluding carboxylic acids is 2. The molecule has 9 N–H and O–H groups in total. The molecule has 3 unspecified atom stereocenters. The standard InChI is InChI=1S/C24H31N9O10S2/c1-24(2)18(20(35)33(24)43-45(38,39)40)31-19(34)17(15-11-44-22(26)29-15)32-42-16(21(36)37)10-41-13-5-3-12(4-6-13)14-9-28-23(30-14)27-8-7-25/h3-6,11,14,16,18H,7-10,25H2,1-2H3,(H2,26,29)(H,31,34)(H,36,37)(H2,27,28,30)(H,38,39,40). The van der Waals surface area contributed by atoms with Gasteiger partial charge in [0.05, 0.1) is 11.6 Å². The lowest BCUT2D eigenvalue weighted by molar-refractivity contribution is -0.218. The molecule has 3 heterocycles. The normalized spacial score (nSPS) is 20.0. The van der Waals surface area contributed by atoms with E-state index >= 15 is 0 Å². The average molecular weight is 670 g/mol. The number of guanidine groups is 1. The number of hydrogen-bond acceptors (Lipinski definition) is 16. The molecule has 0 bridgehead atoms. The number of hydrogen-bond donors (Lipinski definition) is 7. The molecule has 1 saturated heterocycles. The summed E-state index contributed by atoms with van der Waals surface area (Å²) >= 11 is 0.957. The number of aliphatic carboxylic acids is 1. The first-order valence-electron chi connectivity index (χ1n) is 13.2. The minimum atomic E-state index is -5.01. The fourth-order valence-corrected chi connectivity index (χ4v) is 5.17. The van der Waals surface area contributed by atoms with Crippen molar-refractivity contribution in [3.05, 3.63) is 40.9 Å². The number of ether oxygens (including phenoxy) is 1. The van der Waals surface area contributed by atoms with Crippen LogP contribution in [-0.2, 0) is 33.9 Å². The van der Waals surface area contributed by atoms with Crippen LogP contribution in [0.15, 0.2) is 39.8 Å². The zero-order valence-electron chi connectivity index (χ0n) is 23.9. The van der Waals surface area contributed by atoms with Crippen LogP contribution in [0.25, 0.3) is 0 Å². The van der Waals surface area contributed by atoms with Crippen molar-refractivity contribution < 1.29 is 46.3 Å². The number of aromatic nitrogens is 1. The van der Waals surface area contributed by atoms with Crippen molar-refractivity contribution in [1.29, 1.82) is 0 Å². The smallest absolute Gasteiger partial charge is 0.418 e. The highest BCUT2D eigenvalue weighted by Crippen LogP contribution is 2.33. The third-order valence-electron chi connectivity index (χ3n) is 6.50. The van der Waals surface area contributed by atoms with Crippen molar-refractivity contribution in [2.45, 2.75) is 37.6 Å². The van der Waals surface area contributed by atoms with E-state index in [-0.39, 0.29) is 16.9 Å². The van der Waals surface area contributed by atoms with Gasteiger partial charge in [-0.15, -0.1) is 15.6 Å². The number of hydroxylamine groups is 2. The monoisotopic (exact) mass is 669 g/mol. The van der Waals surface area contributed by atoms with E-state index in [0.29, 0.717) is 36.4 Å². The summed E-state index contributed by atoms with van der Waals surface area (Å²) in [6, 6.07) is 5.39. The maximum absolute atomic E-state index is 13.2. The van der Waals surface area contributed by atoms with Crippen LogP contribution in [0.3, 0.4) is 0 Å². The Labute approximate surface area is 260 Å². The van der Waals surface area contributed by atoms with Crippen LogP contribution in [0.5, 0.6) is 5.75 Å². The number of anilines is 1. The van der Waals surface area contributed by atoms with Crippen LogP contribution in [0.1, 0.15) is 31.1 Å². The number of carboxylic acids is 1. The molecular formula is C24H31N9O10S2. The van der Waals surface area contributed by atoms with Gasteiger partial charge in [-0.2, -0.15) is 13.5 Å². The Bertz CT molecular complexity index is 1590. The van der Waals surface area contributed by atoms with E-state index < -0.39 is 58.2 Å². The number of amides is 2. The molecular weight excluding hydrogens is 638 g/mol. The Kier molecular flexibility index (Phi) is 10.1. The SMILES string of the molecule is CC1(C)C(NC(=O)C(=NOC(COc2ccc(C3CNC(NCCN)=N3)cc2)C(=O)O)c2csc(N)n2)C(=O)N1OS(=O)(=O)O. The zero-order valence-corrected chi connectivity index (χ0v) is 25.5. The molecule has 0 saturated carbocycles. The third-order valence-corrected chi connectivity index (χ3v) is 7.51. The van der Waals surface area contributed by atoms with E-state index in [1.807, 2.05) is 0 Å². The number of nitrogens with one attached hydrogen (secondary N) is 3. The van der Waals surface area contributed by atoms with Crippen molar-refractivity contribution in [2.24, 2.45) is 15.9 Å². The minimum absolute atomic E-state index is 0.0574. The van der Waals surface area contributed by atoms with E-state index in [1.165, 1.54) is 19.2 Å². The predicted molar refractivity (Wildman–Crippen MR) is 158 cm³/mol. The highest BCUT2D eigenvalue weighted by molar-refractivity contribution is 7.80. The van der Waals surface area contributed by atoms with Crippen LogP contribution >= 0.6 is 11.3 Å². The molecule has 0 spiro atoms. The summed E-state index contributed by atoms with van der Waals surface area (Å²) in [6.45, 7) is 3.85. The number of carboxylic acid groups (broad SMARTS) is 1. The Morgan fingerprint density at radius 1 is 1.31 bits per heavy atom. The lowest BCUT2D eigenvalue weighted by Gasteiger charge is -2.50. The van der Waals surface area contributed by atoms with Crippen molar-refractivity contribution in [3.63, 3.8) is 0 Å². The van der Waals surface area contributed by atoms with Gasteiger partial charge in [-0.3, -0.25) is 14.1 Å². The Morgan fingerprint density at radius 2 is 2.02 bits per heavy atom. The van der Waals surface area contributed by atoms with Crippen LogP contribution in [0.4, 0.5) is 5.13 Å². The molecule has 45 heavy (non-hydrogen) atoms. The van der Waals surface area contributed by atoms with E-state index in [9.17, 15) is 27.9 Å². The minimum Gasteiger partial charge on any atom is -0.489 e. The lowest BCUT2D eigenvalue weighted by atomic mass is 9.84. The molecule has 0 radical (unpaired) electrons. The number of benzene rings is 1. The predicted octanol–water partition coefficient (Wildman–Crippen LogP) is -1.63. The second kappa shape index (κ2) is 13.6. The molecule has 1 aromatic carbocycles. The van der Waals surface area contributed by atoms with Gasteiger partial charge in [-0.25, -0.2) is 14.8 Å². The first-order chi connectivity index (χ1) is 21.2. The number of carbonyl (C=O) groups is 3. The molecule has 0 aliphatic carbocycles. The molecule has 2 amide bonds. The summed E-state index contributed by atoms with van der Waals surface area (Å²) in [5, 5.41) is 23.8. The van der Waals surface area contributed by atoms with Gasteiger partial charge in [0, 0.05) is 25.0 Å². The van der Waals surface area contributed by atoms with Gasteiger partial charge in [-0.05, 0) is 31.5 Å². The van der Waals surface area contributed by atoms with Gasteiger partial charge >= 0.3 is 16.4 Å². The zero-order chi connectivity index (χ0) is 32.9. The molecule has 244 valence electrons. The van der Waals surface area contributed by atoms with Gasteiger partial charge in [0.1, 0.15) is 24.1 Å². The summed E-state index contributed by atoms with van der Waals surface area (Å²) in [6.07, 6.45) is -1.68. The molecule has 1 fully saturated rings. The van der Waals surface area contributed by atoms with Crippen molar-refractivity contribution in [3.8, 4) is 5.75 Å². The number of nitrogens with zero attached hydrogens (tertiary/aromatic N) is 4. The second-order valence-corrected chi connectivity index (χ2v) is 12.0. The maximum atomic E-state index is 13.2. The van der Waals surface area contributed by atoms with Crippen LogP contribution in [0.2, 0.25) is 0 Å². The highest BCUT2D eigenvalue weighted by Gasteiger charge is 2.58. The number of oxime groups is 1. The van der Waals surface area contributed by atoms with E-state index in [0.717, 1.165) is 16.9 Å². The van der Waals surface area contributed by atoms with Crippen LogP contribution in [-0.4, -0.2) is 102 Å². The van der Waals surface area contributed by atoms with E-state index in [4.69, 9.17) is 25.6 Å². The number of nitrogen functional groups attached to an aromatic ring is 1. The third kappa shape index (κ3) is 8.13. The fraction of sp³-hybridized carbons (Fsp3) is 0.417. The lowest BCUT2D eigenvalue weighted by Crippen LogP contribution is -2.76. The number of aliphatic imine (C=N–C) groups is 1. The molecule has 3 atom stereocenters. The Balaban J connectivity index is 1.42. The van der Waals surface area contributed by atoms with Crippen molar-refractivity contribution in [1.82, 2.24) is 26.0 Å². The molecule has 2 aromatic rings. The quantitative estimate of drug-likeness (QED) is 0.0514. The van der Waals surface area contributed by atoms with Gasteiger partial charge in [0.15, 0.2) is 16.8 Å². The van der Waals surface area contributed by atoms with E-state index in [1.54, 1.807) is 24.3 Å². The fourth-order valence-electron chi connectivity index (χ4n) is 4.17.